The van der Waals surface area contributed by atoms with Gasteiger partial charge in [-0.2, -0.15) is 13.2 Å². The number of piperidine rings is 1. The maximum Gasteiger partial charge on any atom is 0.418 e. The Kier molecular flexibility index (Phi) is 17.4. The lowest BCUT2D eigenvalue weighted by Crippen LogP contribution is -2.54. The standard InChI is InChI=1S/C53H60F4N8O12/c1-30(53(55,56)57)63(28-31-12-14-33(54)15-13-31)43(68)29-64-48(73)52(77-50(64)75)23-22-32-26-35(17-19-38(32)52)60-44(69)39(61-49(74)76-51(2,3)4)10-7-9-25-59-41(66)11-6-5-8-24-58-34-16-18-36-37(27-34)47(72)65(46(36)71)40-20-21-42(67)62-45(40)70/h12-19,26-27,30,39-40,58H,5-11,20-25,28-29H2,1-4H3,(H,59,66)(H,60,69)(H,61,74)(H,62,67,70)/t30-,39?,40?,52+/m0/s1. The topological polar surface area (TPSA) is 259 Å². The van der Waals surface area contributed by atoms with Gasteiger partial charge in [0.1, 0.15) is 36.1 Å². The number of ether oxygens (including phenoxy) is 2. The summed E-state index contributed by atoms with van der Waals surface area (Å²) in [5.41, 5.74) is -0.612. The molecule has 2 saturated heterocycles. The first-order valence-corrected chi connectivity index (χ1v) is 25.3. The lowest BCUT2D eigenvalue weighted by molar-refractivity contribution is -0.187. The number of hydrogen-bond acceptors (Lipinski definition) is 13. The van der Waals surface area contributed by atoms with Crippen molar-refractivity contribution in [2.24, 2.45) is 0 Å². The number of benzene rings is 3. The number of amides is 10. The van der Waals surface area contributed by atoms with Crippen LogP contribution in [0, 0.1) is 5.82 Å². The van der Waals surface area contributed by atoms with Crippen LogP contribution in [0.2, 0.25) is 0 Å². The number of carbonyl (C=O) groups is 10. The molecule has 2 unspecified atom stereocenters. The predicted molar refractivity (Wildman–Crippen MR) is 266 cm³/mol. The Morgan fingerprint density at radius 3 is 2.26 bits per heavy atom. The van der Waals surface area contributed by atoms with Crippen LogP contribution in [-0.2, 0) is 56.8 Å². The van der Waals surface area contributed by atoms with Gasteiger partial charge in [-0.05, 0) is 126 Å². The fourth-order valence-corrected chi connectivity index (χ4v) is 9.50. The number of aryl methyl sites for hydroxylation is 1. The molecule has 3 aliphatic heterocycles. The fraction of sp³-hybridized carbons (Fsp3) is 0.472. The van der Waals surface area contributed by atoms with Crippen LogP contribution >= 0.6 is 0 Å². The van der Waals surface area contributed by atoms with Gasteiger partial charge >= 0.3 is 18.4 Å². The molecule has 1 spiro atoms. The van der Waals surface area contributed by atoms with Gasteiger partial charge in [-0.3, -0.25) is 48.6 Å². The first-order chi connectivity index (χ1) is 36.3. The van der Waals surface area contributed by atoms with E-state index in [9.17, 15) is 65.5 Å². The van der Waals surface area contributed by atoms with Crippen molar-refractivity contribution in [1.29, 1.82) is 0 Å². The number of alkyl halides is 3. The maximum absolute atomic E-state index is 13.9. The highest BCUT2D eigenvalue weighted by Gasteiger charge is 2.59. The number of anilines is 2. The van der Waals surface area contributed by atoms with Gasteiger partial charge in [-0.15, -0.1) is 0 Å². The molecule has 20 nitrogen and oxygen atoms in total. The molecule has 7 rings (SSSR count). The van der Waals surface area contributed by atoms with Crippen molar-refractivity contribution in [1.82, 2.24) is 30.7 Å². The second-order valence-electron chi connectivity index (χ2n) is 20.3. The average Bonchev–Trinajstić information content (AvgIpc) is 4.09. The summed E-state index contributed by atoms with van der Waals surface area (Å²) in [6.07, 6.45) is -3.50. The first-order valence-electron chi connectivity index (χ1n) is 25.3. The molecular formula is C53H60F4N8O12. The summed E-state index contributed by atoms with van der Waals surface area (Å²) in [7, 11) is 0. The average molecular weight is 1080 g/mol. The van der Waals surface area contributed by atoms with Gasteiger partial charge in [-0.1, -0.05) is 24.6 Å². The highest BCUT2D eigenvalue weighted by Crippen LogP contribution is 2.46. The van der Waals surface area contributed by atoms with E-state index in [4.69, 9.17) is 9.47 Å². The van der Waals surface area contributed by atoms with Gasteiger partial charge in [0.05, 0.1) is 11.1 Å². The second kappa shape index (κ2) is 23.5. The van der Waals surface area contributed by atoms with E-state index in [1.54, 1.807) is 39.0 Å². The first kappa shape index (κ1) is 56.8. The van der Waals surface area contributed by atoms with Crippen LogP contribution < -0.4 is 26.6 Å². The summed E-state index contributed by atoms with van der Waals surface area (Å²) in [6, 6.07) is 9.22. The Hall–Kier alpha value is -7.92. The van der Waals surface area contributed by atoms with Crippen molar-refractivity contribution in [3.8, 4) is 0 Å². The lowest BCUT2D eigenvalue weighted by atomic mass is 9.94. The fourth-order valence-electron chi connectivity index (χ4n) is 9.50. The second-order valence-corrected chi connectivity index (χ2v) is 20.3. The van der Waals surface area contributed by atoms with Gasteiger partial charge in [0.15, 0.2) is 0 Å². The molecule has 0 aromatic heterocycles. The summed E-state index contributed by atoms with van der Waals surface area (Å²) < 4.78 is 66.3. The van der Waals surface area contributed by atoms with Crippen molar-refractivity contribution in [2.45, 2.75) is 140 Å². The number of alkyl carbamates (subject to hydrolysis) is 1. The van der Waals surface area contributed by atoms with Crippen LogP contribution in [0.4, 0.5) is 38.5 Å². The zero-order chi connectivity index (χ0) is 56.0. The van der Waals surface area contributed by atoms with E-state index in [1.165, 1.54) is 30.3 Å². The van der Waals surface area contributed by atoms with E-state index in [-0.39, 0.29) is 72.4 Å². The van der Waals surface area contributed by atoms with Crippen LogP contribution in [0.3, 0.4) is 0 Å². The smallest absolute Gasteiger partial charge is 0.418 e. The van der Waals surface area contributed by atoms with Crippen molar-refractivity contribution < 1.29 is 75.0 Å². The molecule has 0 bridgehead atoms. The summed E-state index contributed by atoms with van der Waals surface area (Å²) in [6.45, 7) is 4.90. The Morgan fingerprint density at radius 2 is 1.56 bits per heavy atom. The number of unbranched alkanes of at least 4 members (excludes halogenated alkanes) is 3. The Morgan fingerprint density at radius 1 is 0.857 bits per heavy atom. The number of carbonyl (C=O) groups excluding carboxylic acids is 10. The van der Waals surface area contributed by atoms with Gasteiger partial charge in [-0.25, -0.2) is 18.9 Å². The molecule has 4 aliphatic rings. The molecule has 3 aromatic carbocycles. The van der Waals surface area contributed by atoms with Gasteiger partial charge < -0.3 is 35.6 Å². The number of hydrogen-bond donors (Lipinski definition) is 5. The van der Waals surface area contributed by atoms with E-state index >= 15 is 0 Å². The van der Waals surface area contributed by atoms with Crippen molar-refractivity contribution in [3.05, 3.63) is 94.3 Å². The Labute approximate surface area is 440 Å². The number of rotatable bonds is 21. The molecule has 4 atom stereocenters. The third kappa shape index (κ3) is 13.6. The summed E-state index contributed by atoms with van der Waals surface area (Å²) in [5, 5.41) is 13.6. The van der Waals surface area contributed by atoms with Crippen LogP contribution in [-0.4, -0.2) is 124 Å². The van der Waals surface area contributed by atoms with Gasteiger partial charge in [0.2, 0.25) is 35.1 Å². The third-order valence-electron chi connectivity index (χ3n) is 13.5. The quantitative estimate of drug-likeness (QED) is 0.0459. The van der Waals surface area contributed by atoms with Crippen LogP contribution in [0.25, 0.3) is 0 Å². The zero-order valence-corrected chi connectivity index (χ0v) is 42.9. The third-order valence-corrected chi connectivity index (χ3v) is 13.5. The van der Waals surface area contributed by atoms with Gasteiger partial charge in [0, 0.05) is 55.8 Å². The summed E-state index contributed by atoms with van der Waals surface area (Å²) in [5.74, 6) is -5.90. The molecule has 1 aliphatic carbocycles. The molecule has 10 amide bonds. The van der Waals surface area contributed by atoms with E-state index in [1.807, 2.05) is 0 Å². The van der Waals surface area contributed by atoms with Crippen molar-refractivity contribution in [3.63, 3.8) is 0 Å². The summed E-state index contributed by atoms with van der Waals surface area (Å²) in [4.78, 5) is 132. The summed E-state index contributed by atoms with van der Waals surface area (Å²) >= 11 is 0. The molecule has 3 aromatic rings. The molecule has 0 radical (unpaired) electrons. The maximum atomic E-state index is 13.9. The molecule has 412 valence electrons. The van der Waals surface area contributed by atoms with E-state index in [0.29, 0.717) is 66.2 Å². The monoisotopic (exact) mass is 1080 g/mol. The molecule has 77 heavy (non-hydrogen) atoms. The molecular weight excluding hydrogens is 1020 g/mol. The number of nitrogens with one attached hydrogen (secondary N) is 5. The van der Waals surface area contributed by atoms with E-state index < -0.39 is 108 Å². The molecule has 2 fully saturated rings. The zero-order valence-electron chi connectivity index (χ0n) is 42.9. The minimum Gasteiger partial charge on any atom is -0.444 e. The SMILES string of the molecule is C[C@H](N(Cc1ccc(F)cc1)C(=O)CN1C(=O)O[C@@]2(CCc3cc(NC(=O)C(CCCCNC(=O)CCCCCNc4ccc5c(c4)C(=O)N(C4CCC(=O)NC4=O)C5=O)NC(=O)OC(C)(C)C)ccc32)C1=O)C(F)(F)F. The predicted octanol–water partition coefficient (Wildman–Crippen LogP) is 6.12. The Balaban J connectivity index is 0.861. The van der Waals surface area contributed by atoms with Crippen LogP contribution in [0.5, 0.6) is 0 Å². The lowest BCUT2D eigenvalue weighted by Gasteiger charge is -2.31. The largest absolute Gasteiger partial charge is 0.444 e. The highest BCUT2D eigenvalue weighted by molar-refractivity contribution is 6.23. The number of fused-ring (bicyclic) bond motifs is 3. The normalized spacial score (nSPS) is 18.8. The molecule has 24 heteroatoms. The van der Waals surface area contributed by atoms with Crippen LogP contribution in [0.15, 0.2) is 60.7 Å². The number of nitrogens with zero attached hydrogens (tertiary/aromatic N) is 3. The van der Waals surface area contributed by atoms with E-state index in [0.717, 1.165) is 24.0 Å². The van der Waals surface area contributed by atoms with Gasteiger partial charge in [0.25, 0.3) is 17.7 Å². The van der Waals surface area contributed by atoms with Crippen molar-refractivity contribution in [2.75, 3.05) is 30.3 Å². The number of imide groups is 3. The number of halogens is 4. The molecule has 3 heterocycles. The van der Waals surface area contributed by atoms with Crippen molar-refractivity contribution >= 4 is 70.8 Å². The molecule has 5 N–H and O–H groups in total. The minimum atomic E-state index is -4.87. The highest BCUT2D eigenvalue weighted by atomic mass is 19.4. The van der Waals surface area contributed by atoms with E-state index in [2.05, 4.69) is 26.6 Å². The Bertz CT molecular complexity index is 2840. The molecule has 0 saturated carbocycles. The van der Waals surface area contributed by atoms with Crippen LogP contribution in [0.1, 0.15) is 129 Å². The minimum absolute atomic E-state index is 0.0213.